The lowest BCUT2D eigenvalue weighted by Gasteiger charge is -2.10. The van der Waals surface area contributed by atoms with Crippen LogP contribution in [0.5, 0.6) is 0 Å². The van der Waals surface area contributed by atoms with Crippen LogP contribution in [0, 0.1) is 5.82 Å². The predicted octanol–water partition coefficient (Wildman–Crippen LogP) is 3.81. The number of hydrogen-bond acceptors (Lipinski definition) is 1. The molecular formula is C9H5BrF4O. The maximum absolute atomic E-state index is 13.3. The van der Waals surface area contributed by atoms with E-state index in [1.54, 1.807) is 0 Å². The van der Waals surface area contributed by atoms with Crippen LogP contribution in [-0.2, 0) is 6.18 Å². The molecule has 1 aromatic rings. The number of carbonyl (C=O) groups is 1. The van der Waals surface area contributed by atoms with Crippen LogP contribution < -0.4 is 0 Å². The molecule has 0 amide bonds. The largest absolute Gasteiger partial charge is 0.419 e. The van der Waals surface area contributed by atoms with E-state index in [9.17, 15) is 22.4 Å². The van der Waals surface area contributed by atoms with E-state index in [0.29, 0.717) is 6.07 Å². The standard InChI is InChI=1S/C9H5BrF4O/c1-4(15)7-6(10)3-2-5(8(7)11)9(12,13)14/h2-3H,1H3. The van der Waals surface area contributed by atoms with E-state index in [1.165, 1.54) is 0 Å². The highest BCUT2D eigenvalue weighted by atomic mass is 79.9. The molecule has 0 saturated heterocycles. The normalized spacial score (nSPS) is 11.6. The van der Waals surface area contributed by atoms with Crippen molar-refractivity contribution in [3.05, 3.63) is 33.5 Å². The van der Waals surface area contributed by atoms with Crippen LogP contribution in [0.3, 0.4) is 0 Å². The number of alkyl halides is 3. The maximum Gasteiger partial charge on any atom is 0.419 e. The van der Waals surface area contributed by atoms with Gasteiger partial charge < -0.3 is 0 Å². The lowest BCUT2D eigenvalue weighted by molar-refractivity contribution is -0.140. The monoisotopic (exact) mass is 284 g/mol. The van der Waals surface area contributed by atoms with Gasteiger partial charge in [-0.05, 0) is 35.0 Å². The van der Waals surface area contributed by atoms with E-state index in [2.05, 4.69) is 15.9 Å². The van der Waals surface area contributed by atoms with Crippen LogP contribution in [0.15, 0.2) is 16.6 Å². The highest BCUT2D eigenvalue weighted by Crippen LogP contribution is 2.34. The summed E-state index contributed by atoms with van der Waals surface area (Å²) in [6, 6.07) is 1.59. The van der Waals surface area contributed by atoms with E-state index >= 15 is 0 Å². The Labute approximate surface area is 91.2 Å². The van der Waals surface area contributed by atoms with Crippen LogP contribution in [0.25, 0.3) is 0 Å². The van der Waals surface area contributed by atoms with Gasteiger partial charge in [-0.15, -0.1) is 0 Å². The smallest absolute Gasteiger partial charge is 0.294 e. The first kappa shape index (κ1) is 12.2. The summed E-state index contributed by atoms with van der Waals surface area (Å²) >= 11 is 2.82. The van der Waals surface area contributed by atoms with Crippen molar-refractivity contribution in [1.29, 1.82) is 0 Å². The summed E-state index contributed by atoms with van der Waals surface area (Å²) in [5.74, 6) is -2.30. The lowest BCUT2D eigenvalue weighted by Crippen LogP contribution is -2.12. The van der Waals surface area contributed by atoms with Crippen LogP contribution in [0.2, 0.25) is 0 Å². The van der Waals surface area contributed by atoms with Crippen molar-refractivity contribution in [3.63, 3.8) is 0 Å². The summed E-state index contributed by atoms with van der Waals surface area (Å²) in [6.07, 6.45) is -4.80. The second kappa shape index (κ2) is 3.92. The fourth-order valence-corrected chi connectivity index (χ4v) is 1.68. The molecule has 0 aromatic heterocycles. The minimum atomic E-state index is -4.80. The lowest BCUT2D eigenvalue weighted by atomic mass is 10.1. The minimum absolute atomic E-state index is 0.0144. The second-order valence-electron chi connectivity index (χ2n) is 2.84. The fraction of sp³-hybridized carbons (Fsp3) is 0.222. The molecule has 0 bridgehead atoms. The fourth-order valence-electron chi connectivity index (χ4n) is 1.09. The van der Waals surface area contributed by atoms with Crippen molar-refractivity contribution in [2.75, 3.05) is 0 Å². The van der Waals surface area contributed by atoms with E-state index < -0.39 is 28.9 Å². The van der Waals surface area contributed by atoms with Gasteiger partial charge >= 0.3 is 6.18 Å². The van der Waals surface area contributed by atoms with Gasteiger partial charge in [0.15, 0.2) is 5.78 Å². The number of hydrogen-bond donors (Lipinski definition) is 0. The first-order chi connectivity index (χ1) is 6.75. The van der Waals surface area contributed by atoms with Crippen molar-refractivity contribution < 1.29 is 22.4 Å². The molecule has 1 nitrogen and oxygen atoms in total. The molecule has 0 heterocycles. The van der Waals surface area contributed by atoms with Crippen molar-refractivity contribution in [3.8, 4) is 0 Å². The number of rotatable bonds is 1. The molecule has 1 rings (SSSR count). The van der Waals surface area contributed by atoms with Gasteiger partial charge in [-0.3, -0.25) is 4.79 Å². The first-order valence-electron chi connectivity index (χ1n) is 3.81. The Morgan fingerprint density at radius 3 is 2.27 bits per heavy atom. The predicted molar refractivity (Wildman–Crippen MR) is 49.1 cm³/mol. The molecule has 0 aliphatic rings. The van der Waals surface area contributed by atoms with E-state index in [4.69, 9.17) is 0 Å². The zero-order valence-electron chi connectivity index (χ0n) is 7.45. The average Bonchev–Trinajstić information content (AvgIpc) is 2.00. The van der Waals surface area contributed by atoms with Gasteiger partial charge in [-0.2, -0.15) is 13.2 Å². The Bertz CT molecular complexity index is 411. The molecule has 82 valence electrons. The zero-order chi connectivity index (χ0) is 11.8. The van der Waals surface area contributed by atoms with Gasteiger partial charge in [0.05, 0.1) is 11.1 Å². The first-order valence-corrected chi connectivity index (χ1v) is 4.60. The molecule has 0 aliphatic carbocycles. The van der Waals surface area contributed by atoms with Gasteiger partial charge in [0, 0.05) is 4.47 Å². The summed E-state index contributed by atoms with van der Waals surface area (Å²) in [5.41, 5.74) is -2.01. The van der Waals surface area contributed by atoms with Crippen LogP contribution in [-0.4, -0.2) is 5.78 Å². The Kier molecular flexibility index (Phi) is 3.18. The molecule has 0 atom stereocenters. The second-order valence-corrected chi connectivity index (χ2v) is 3.69. The highest BCUT2D eigenvalue weighted by molar-refractivity contribution is 9.10. The third kappa shape index (κ3) is 2.37. The Balaban J connectivity index is 3.49. The quantitative estimate of drug-likeness (QED) is 0.566. The minimum Gasteiger partial charge on any atom is -0.294 e. The summed E-state index contributed by atoms with van der Waals surface area (Å²) < 4.78 is 50.1. The summed E-state index contributed by atoms with van der Waals surface area (Å²) in [5, 5.41) is 0. The number of ketones is 1. The van der Waals surface area contributed by atoms with Gasteiger partial charge in [0.1, 0.15) is 5.82 Å². The van der Waals surface area contributed by atoms with Crippen LogP contribution in [0.1, 0.15) is 22.8 Å². The highest BCUT2D eigenvalue weighted by Gasteiger charge is 2.36. The van der Waals surface area contributed by atoms with Crippen molar-refractivity contribution in [2.45, 2.75) is 13.1 Å². The van der Waals surface area contributed by atoms with Crippen molar-refractivity contribution >= 4 is 21.7 Å². The molecule has 15 heavy (non-hydrogen) atoms. The molecule has 0 radical (unpaired) electrons. The SMILES string of the molecule is CC(=O)c1c(Br)ccc(C(F)(F)F)c1F. The topological polar surface area (TPSA) is 17.1 Å². The molecule has 0 fully saturated rings. The molecule has 0 spiro atoms. The molecule has 0 saturated carbocycles. The summed E-state index contributed by atoms with van der Waals surface area (Å²) in [6.45, 7) is 1.00. The van der Waals surface area contributed by atoms with E-state index in [0.717, 1.165) is 13.0 Å². The molecule has 0 unspecified atom stereocenters. The molecular weight excluding hydrogens is 280 g/mol. The van der Waals surface area contributed by atoms with Gasteiger partial charge in [-0.1, -0.05) is 0 Å². The van der Waals surface area contributed by atoms with Gasteiger partial charge in [0.2, 0.25) is 0 Å². The number of benzene rings is 1. The van der Waals surface area contributed by atoms with Crippen molar-refractivity contribution in [2.24, 2.45) is 0 Å². The molecule has 1 aromatic carbocycles. The Morgan fingerprint density at radius 2 is 1.87 bits per heavy atom. The maximum atomic E-state index is 13.3. The third-order valence-electron chi connectivity index (χ3n) is 1.75. The van der Waals surface area contributed by atoms with E-state index in [1.807, 2.05) is 0 Å². The van der Waals surface area contributed by atoms with Crippen LogP contribution >= 0.6 is 15.9 Å². The molecule has 0 aliphatic heterocycles. The Hall–Kier alpha value is -0.910. The van der Waals surface area contributed by atoms with E-state index in [-0.39, 0.29) is 4.47 Å². The van der Waals surface area contributed by atoms with Crippen LogP contribution in [0.4, 0.5) is 17.6 Å². The third-order valence-corrected chi connectivity index (χ3v) is 2.41. The molecule has 6 heteroatoms. The Morgan fingerprint density at radius 1 is 1.33 bits per heavy atom. The number of halogens is 5. The summed E-state index contributed by atoms with van der Waals surface area (Å²) in [7, 11) is 0. The zero-order valence-corrected chi connectivity index (χ0v) is 9.04. The number of Topliss-reactive ketones (excluding diaryl/α,β-unsaturated/α-hetero) is 1. The van der Waals surface area contributed by atoms with Gasteiger partial charge in [-0.25, -0.2) is 4.39 Å². The van der Waals surface area contributed by atoms with Gasteiger partial charge in [0.25, 0.3) is 0 Å². The summed E-state index contributed by atoms with van der Waals surface area (Å²) in [4.78, 5) is 10.9. The van der Waals surface area contributed by atoms with Crippen molar-refractivity contribution in [1.82, 2.24) is 0 Å². The average molecular weight is 285 g/mol. The molecule has 0 N–H and O–H groups in total. The number of carbonyl (C=O) groups excluding carboxylic acids is 1.